The van der Waals surface area contributed by atoms with E-state index in [0.29, 0.717) is 17.4 Å². The molecule has 0 saturated carbocycles. The number of likely N-dealkylation sites (N-methyl/N-ethyl adjacent to an activating group) is 1. The van der Waals surface area contributed by atoms with E-state index in [1.54, 1.807) is 6.08 Å². The van der Waals surface area contributed by atoms with Crippen LogP contribution in [0.2, 0.25) is 0 Å². The third-order valence-electron chi connectivity index (χ3n) is 17.7. The molecule has 0 spiro atoms. The molecule has 1 amide bonds. The number of unbranched alkanes of at least 4 members (excludes halogenated alkanes) is 56. The van der Waals surface area contributed by atoms with Gasteiger partial charge >= 0.3 is 0 Å². The van der Waals surface area contributed by atoms with Crippen LogP contribution in [0.3, 0.4) is 0 Å². The molecule has 500 valence electrons. The van der Waals surface area contributed by atoms with Gasteiger partial charge in [-0.05, 0) is 32.1 Å². The molecular formula is C75H149N2O6P. The van der Waals surface area contributed by atoms with Crippen LogP contribution in [-0.4, -0.2) is 68.5 Å². The molecule has 0 aliphatic heterocycles. The van der Waals surface area contributed by atoms with Gasteiger partial charge in [0.1, 0.15) is 13.2 Å². The molecule has 0 saturated heterocycles. The van der Waals surface area contributed by atoms with E-state index in [0.717, 1.165) is 38.5 Å². The number of amides is 1. The van der Waals surface area contributed by atoms with Gasteiger partial charge in [0, 0.05) is 6.42 Å². The highest BCUT2D eigenvalue weighted by atomic mass is 31.2. The summed E-state index contributed by atoms with van der Waals surface area (Å²) in [6.07, 6.45) is 87.7. The fraction of sp³-hybridized carbons (Fsp3) is 0.933. The van der Waals surface area contributed by atoms with Crippen LogP contribution in [0.25, 0.3) is 0 Å². The van der Waals surface area contributed by atoms with Crippen LogP contribution in [-0.2, 0) is 18.4 Å². The molecule has 0 heterocycles. The number of phosphoric ester groups is 1. The van der Waals surface area contributed by atoms with Crippen molar-refractivity contribution in [2.24, 2.45) is 0 Å². The lowest BCUT2D eigenvalue weighted by Gasteiger charge is -2.29. The van der Waals surface area contributed by atoms with Gasteiger partial charge in [-0.1, -0.05) is 385 Å². The summed E-state index contributed by atoms with van der Waals surface area (Å²) in [4.78, 5) is 25.7. The highest BCUT2D eigenvalue weighted by Crippen LogP contribution is 2.38. The number of phosphoric acid groups is 1. The summed E-state index contributed by atoms with van der Waals surface area (Å²) in [5, 5.41) is 14.0. The monoisotopic (exact) mass is 1210 g/mol. The predicted molar refractivity (Wildman–Crippen MR) is 367 cm³/mol. The molecule has 3 unspecified atom stereocenters. The average molecular weight is 1210 g/mol. The van der Waals surface area contributed by atoms with Gasteiger partial charge in [0.25, 0.3) is 7.82 Å². The van der Waals surface area contributed by atoms with Crippen LogP contribution in [0.15, 0.2) is 24.3 Å². The lowest BCUT2D eigenvalue weighted by molar-refractivity contribution is -0.870. The second-order valence-corrected chi connectivity index (χ2v) is 28.8. The number of rotatable bonds is 71. The van der Waals surface area contributed by atoms with Crippen LogP contribution in [0.5, 0.6) is 0 Å². The number of nitrogens with zero attached hydrogens (tertiary/aromatic N) is 1. The lowest BCUT2D eigenvalue weighted by Crippen LogP contribution is -2.45. The fourth-order valence-electron chi connectivity index (χ4n) is 11.8. The van der Waals surface area contributed by atoms with Crippen molar-refractivity contribution in [1.29, 1.82) is 0 Å². The van der Waals surface area contributed by atoms with Crippen molar-refractivity contribution in [1.82, 2.24) is 5.32 Å². The van der Waals surface area contributed by atoms with Gasteiger partial charge in [0.05, 0.1) is 39.9 Å². The number of carbonyl (C=O) groups is 1. The number of quaternary nitrogens is 1. The molecule has 0 bridgehead atoms. The summed E-state index contributed by atoms with van der Waals surface area (Å²) < 4.78 is 23.5. The Morgan fingerprint density at radius 1 is 0.405 bits per heavy atom. The van der Waals surface area contributed by atoms with E-state index in [9.17, 15) is 19.4 Å². The van der Waals surface area contributed by atoms with Gasteiger partial charge in [-0.3, -0.25) is 9.36 Å². The lowest BCUT2D eigenvalue weighted by atomic mass is 10.0. The van der Waals surface area contributed by atoms with Crippen LogP contribution < -0.4 is 10.2 Å². The van der Waals surface area contributed by atoms with Crippen molar-refractivity contribution < 1.29 is 32.9 Å². The van der Waals surface area contributed by atoms with E-state index in [2.05, 4.69) is 31.3 Å². The molecule has 0 aliphatic rings. The Morgan fingerprint density at radius 3 is 0.964 bits per heavy atom. The van der Waals surface area contributed by atoms with Crippen molar-refractivity contribution in [3.8, 4) is 0 Å². The molecule has 8 nitrogen and oxygen atoms in total. The van der Waals surface area contributed by atoms with E-state index >= 15 is 0 Å². The third kappa shape index (κ3) is 68.5. The number of hydrogen-bond acceptors (Lipinski definition) is 6. The maximum Gasteiger partial charge on any atom is 0.268 e. The summed E-state index contributed by atoms with van der Waals surface area (Å²) in [5.41, 5.74) is 0. The van der Waals surface area contributed by atoms with Gasteiger partial charge in [0.2, 0.25) is 5.91 Å². The smallest absolute Gasteiger partial charge is 0.268 e. The summed E-state index contributed by atoms with van der Waals surface area (Å²) in [7, 11) is 1.27. The molecule has 0 aliphatic carbocycles. The van der Waals surface area contributed by atoms with Crippen molar-refractivity contribution >= 4 is 13.7 Å². The first-order chi connectivity index (χ1) is 41.0. The largest absolute Gasteiger partial charge is 0.756 e. The predicted octanol–water partition coefficient (Wildman–Crippen LogP) is 23.6. The van der Waals surface area contributed by atoms with Crippen molar-refractivity contribution in [2.75, 3.05) is 40.9 Å². The Labute approximate surface area is 525 Å². The number of aliphatic hydroxyl groups is 1. The topological polar surface area (TPSA) is 108 Å². The Hall–Kier alpha value is -1.02. The van der Waals surface area contributed by atoms with Crippen molar-refractivity contribution in [3.05, 3.63) is 24.3 Å². The zero-order valence-corrected chi connectivity index (χ0v) is 58.3. The van der Waals surface area contributed by atoms with Crippen molar-refractivity contribution in [3.63, 3.8) is 0 Å². The fourth-order valence-corrected chi connectivity index (χ4v) is 12.5. The van der Waals surface area contributed by atoms with Gasteiger partial charge in [-0.25, -0.2) is 0 Å². The minimum atomic E-state index is -4.61. The number of aliphatic hydroxyl groups excluding tert-OH is 1. The van der Waals surface area contributed by atoms with Crippen LogP contribution in [0.4, 0.5) is 0 Å². The first-order valence-electron chi connectivity index (χ1n) is 37.7. The quantitative estimate of drug-likeness (QED) is 0.0272. The summed E-state index contributed by atoms with van der Waals surface area (Å²) in [6, 6.07) is -0.902. The summed E-state index contributed by atoms with van der Waals surface area (Å²) >= 11 is 0. The Bertz CT molecular complexity index is 1420. The summed E-state index contributed by atoms with van der Waals surface area (Å²) in [6.45, 7) is 4.70. The summed E-state index contributed by atoms with van der Waals surface area (Å²) in [5.74, 6) is -0.197. The maximum atomic E-state index is 13.1. The molecule has 0 aromatic carbocycles. The zero-order valence-electron chi connectivity index (χ0n) is 57.4. The van der Waals surface area contributed by atoms with E-state index in [-0.39, 0.29) is 19.1 Å². The minimum absolute atomic E-state index is 0.00332. The molecule has 0 radical (unpaired) electrons. The molecule has 3 atom stereocenters. The van der Waals surface area contributed by atoms with E-state index < -0.39 is 20.0 Å². The molecule has 2 N–H and O–H groups in total. The molecule has 0 rings (SSSR count). The molecule has 0 fully saturated rings. The normalized spacial score (nSPS) is 13.7. The van der Waals surface area contributed by atoms with Gasteiger partial charge in [-0.15, -0.1) is 0 Å². The zero-order chi connectivity index (χ0) is 61.2. The van der Waals surface area contributed by atoms with Gasteiger partial charge < -0.3 is 28.8 Å². The highest BCUT2D eigenvalue weighted by Gasteiger charge is 2.23. The molecule has 84 heavy (non-hydrogen) atoms. The van der Waals surface area contributed by atoms with Crippen LogP contribution in [0.1, 0.15) is 399 Å². The van der Waals surface area contributed by atoms with Crippen molar-refractivity contribution in [2.45, 2.75) is 411 Å². The van der Waals surface area contributed by atoms with Crippen LogP contribution >= 0.6 is 7.82 Å². The molecule has 9 heteroatoms. The first-order valence-corrected chi connectivity index (χ1v) is 39.2. The Kier molecular flexibility index (Phi) is 65.6. The van der Waals surface area contributed by atoms with E-state index in [1.807, 2.05) is 27.2 Å². The Balaban J connectivity index is 4.01. The number of hydrogen-bond donors (Lipinski definition) is 2. The SMILES string of the molecule is CCCCCCCCCCCCCCCCCCCCCCCCC/C=C/CC/C=C/C(O)C(COP(=O)([O-])OCC[N+](C)(C)C)NC(=O)CCCCCCCCCCCCCCCCCCCCCCCCCCCCCCCCCCC. The minimum Gasteiger partial charge on any atom is -0.756 e. The van der Waals surface area contributed by atoms with E-state index in [4.69, 9.17) is 9.05 Å². The van der Waals surface area contributed by atoms with Gasteiger partial charge in [0.15, 0.2) is 0 Å². The number of nitrogens with one attached hydrogen (secondary N) is 1. The Morgan fingerprint density at radius 2 is 0.667 bits per heavy atom. The second kappa shape index (κ2) is 66.4. The first kappa shape index (κ1) is 83.0. The number of carbonyl (C=O) groups excluding carboxylic acids is 1. The molecular weight excluding hydrogens is 1060 g/mol. The average Bonchev–Trinajstić information content (AvgIpc) is 3.56. The standard InChI is InChI=1S/C75H149N2O6P/c1-6-8-10-12-14-16-18-20-22-24-26-28-30-32-34-36-37-38-39-41-43-45-47-49-51-53-55-57-59-61-63-65-67-69-75(79)76-73(72-83-84(80,81)82-71-70-77(3,4)5)74(78)68-66-64-62-60-58-56-54-52-50-48-46-44-42-40-35-33-31-29-27-25-23-21-19-17-15-13-11-9-7-2/h58,60,66,68,73-74,78H,6-57,59,61-65,67,69-72H2,1-5H3,(H-,76,79,80,81)/b60-58+,68-66+. The number of allylic oxidation sites excluding steroid dienone is 3. The van der Waals surface area contributed by atoms with Gasteiger partial charge in [-0.2, -0.15) is 0 Å². The van der Waals surface area contributed by atoms with E-state index in [1.165, 1.54) is 340 Å². The third-order valence-corrected chi connectivity index (χ3v) is 18.6. The molecule has 0 aromatic rings. The highest BCUT2D eigenvalue weighted by molar-refractivity contribution is 7.45. The maximum absolute atomic E-state index is 13.1. The molecule has 0 aromatic heterocycles. The van der Waals surface area contributed by atoms with Crippen LogP contribution in [0, 0.1) is 0 Å². The second-order valence-electron chi connectivity index (χ2n) is 27.4.